The third-order valence-electron chi connectivity index (χ3n) is 3.76. The zero-order chi connectivity index (χ0) is 14.8. The van der Waals surface area contributed by atoms with Crippen LogP contribution in [0.1, 0.15) is 52.3 Å². The quantitative estimate of drug-likeness (QED) is 0.894. The number of nitrogens with zero attached hydrogens (tertiary/aromatic N) is 2. The summed E-state index contributed by atoms with van der Waals surface area (Å²) in [6.07, 6.45) is 7.32. The summed E-state index contributed by atoms with van der Waals surface area (Å²) in [4.78, 5) is 9.02. The van der Waals surface area contributed by atoms with Gasteiger partial charge in [-0.1, -0.05) is 33.6 Å². The Hall–Kier alpha value is -0.970. The molecule has 1 aromatic heterocycles. The van der Waals surface area contributed by atoms with Crippen LogP contribution in [0.15, 0.2) is 6.07 Å². The molecule has 0 aromatic carbocycles. The van der Waals surface area contributed by atoms with Crippen LogP contribution in [0.3, 0.4) is 0 Å². The van der Waals surface area contributed by atoms with E-state index in [0.717, 1.165) is 11.6 Å². The predicted molar refractivity (Wildman–Crippen MR) is 88.3 cm³/mol. The summed E-state index contributed by atoms with van der Waals surface area (Å²) in [5, 5.41) is 4.25. The van der Waals surface area contributed by atoms with Gasteiger partial charge in [0.25, 0.3) is 0 Å². The van der Waals surface area contributed by atoms with Crippen molar-refractivity contribution in [3.63, 3.8) is 0 Å². The van der Waals surface area contributed by atoms with Crippen molar-refractivity contribution in [3.8, 4) is 0 Å². The standard InChI is InChI=1S/C15H26N4S/c1-15(2,3)14-18-12(16)9-13(19-14)17-10-7-5-6-8-11(10)20-4/h9-11H,5-8H2,1-4H3,(H3,16,17,18,19). The lowest BCUT2D eigenvalue weighted by atomic mass is 9.94. The molecule has 0 amide bonds. The summed E-state index contributed by atoms with van der Waals surface area (Å²) in [5.74, 6) is 2.22. The number of hydrogen-bond donors (Lipinski definition) is 2. The third kappa shape index (κ3) is 3.78. The van der Waals surface area contributed by atoms with Crippen molar-refractivity contribution in [2.45, 2.75) is 63.2 Å². The summed E-state index contributed by atoms with van der Waals surface area (Å²) in [6.45, 7) is 6.32. The van der Waals surface area contributed by atoms with Crippen LogP contribution in [-0.2, 0) is 5.41 Å². The van der Waals surface area contributed by atoms with E-state index in [2.05, 4.69) is 42.3 Å². The van der Waals surface area contributed by atoms with Gasteiger partial charge in [-0.15, -0.1) is 0 Å². The number of nitrogens with two attached hydrogens (primary N) is 1. The molecule has 2 atom stereocenters. The Labute approximate surface area is 126 Å². The van der Waals surface area contributed by atoms with Crippen LogP contribution in [0.5, 0.6) is 0 Å². The van der Waals surface area contributed by atoms with E-state index < -0.39 is 0 Å². The molecule has 0 spiro atoms. The van der Waals surface area contributed by atoms with Crippen LogP contribution in [0.4, 0.5) is 11.6 Å². The van der Waals surface area contributed by atoms with Crippen LogP contribution >= 0.6 is 11.8 Å². The van der Waals surface area contributed by atoms with Crippen LogP contribution in [0.25, 0.3) is 0 Å². The molecule has 1 heterocycles. The molecule has 1 fully saturated rings. The van der Waals surface area contributed by atoms with Crippen molar-refractivity contribution >= 4 is 23.4 Å². The fourth-order valence-electron chi connectivity index (χ4n) is 2.61. The Kier molecular flexibility index (Phi) is 4.78. The van der Waals surface area contributed by atoms with E-state index in [4.69, 9.17) is 5.73 Å². The molecule has 112 valence electrons. The average molecular weight is 294 g/mol. The molecule has 1 aromatic rings. The third-order valence-corrected chi connectivity index (χ3v) is 4.93. The van der Waals surface area contributed by atoms with E-state index in [1.807, 2.05) is 17.8 Å². The normalized spacial score (nSPS) is 23.6. The molecule has 0 radical (unpaired) electrons. The maximum Gasteiger partial charge on any atom is 0.138 e. The van der Waals surface area contributed by atoms with Gasteiger partial charge in [-0.05, 0) is 19.1 Å². The van der Waals surface area contributed by atoms with Crippen molar-refractivity contribution in [1.29, 1.82) is 0 Å². The van der Waals surface area contributed by atoms with Gasteiger partial charge in [-0.3, -0.25) is 0 Å². The fourth-order valence-corrected chi connectivity index (χ4v) is 3.54. The van der Waals surface area contributed by atoms with Crippen LogP contribution in [0.2, 0.25) is 0 Å². The minimum absolute atomic E-state index is 0.0860. The second-order valence-corrected chi connectivity index (χ2v) is 7.64. The molecular formula is C15H26N4S. The highest BCUT2D eigenvalue weighted by molar-refractivity contribution is 7.99. The zero-order valence-electron chi connectivity index (χ0n) is 12.9. The molecule has 1 aliphatic carbocycles. The van der Waals surface area contributed by atoms with Crippen LogP contribution in [0, 0.1) is 0 Å². The van der Waals surface area contributed by atoms with E-state index in [0.29, 0.717) is 17.1 Å². The number of rotatable bonds is 3. The molecule has 20 heavy (non-hydrogen) atoms. The SMILES string of the molecule is CSC1CCCCC1Nc1cc(N)nc(C(C)(C)C)n1. The predicted octanol–water partition coefficient (Wildman–Crippen LogP) is 3.44. The van der Waals surface area contributed by atoms with E-state index in [9.17, 15) is 0 Å². The Bertz CT molecular complexity index is 456. The second-order valence-electron chi connectivity index (χ2n) is 6.56. The van der Waals surface area contributed by atoms with Crippen LogP contribution in [-0.4, -0.2) is 27.5 Å². The Morgan fingerprint density at radius 2 is 1.95 bits per heavy atom. The number of anilines is 2. The molecule has 1 aliphatic rings. The fraction of sp³-hybridized carbons (Fsp3) is 0.733. The first-order valence-electron chi connectivity index (χ1n) is 7.34. The number of aromatic nitrogens is 2. The van der Waals surface area contributed by atoms with Gasteiger partial charge in [0.2, 0.25) is 0 Å². The highest BCUT2D eigenvalue weighted by atomic mass is 32.2. The molecule has 4 nitrogen and oxygen atoms in total. The molecule has 5 heteroatoms. The first-order valence-corrected chi connectivity index (χ1v) is 8.63. The van der Waals surface area contributed by atoms with E-state index >= 15 is 0 Å². The average Bonchev–Trinajstić information content (AvgIpc) is 2.37. The number of thioether (sulfide) groups is 1. The summed E-state index contributed by atoms with van der Waals surface area (Å²) in [5.41, 5.74) is 5.85. The van der Waals surface area contributed by atoms with Gasteiger partial charge >= 0.3 is 0 Å². The van der Waals surface area contributed by atoms with Gasteiger partial charge in [0.15, 0.2) is 0 Å². The number of nitrogen functional groups attached to an aromatic ring is 1. The maximum absolute atomic E-state index is 5.93. The summed E-state index contributed by atoms with van der Waals surface area (Å²) < 4.78 is 0. The second kappa shape index (κ2) is 6.20. The minimum atomic E-state index is -0.0860. The summed E-state index contributed by atoms with van der Waals surface area (Å²) in [7, 11) is 0. The van der Waals surface area contributed by atoms with Crippen molar-refractivity contribution in [1.82, 2.24) is 9.97 Å². The lowest BCUT2D eigenvalue weighted by molar-refractivity contribution is 0.473. The lowest BCUT2D eigenvalue weighted by Gasteiger charge is -2.31. The van der Waals surface area contributed by atoms with Crippen LogP contribution < -0.4 is 11.1 Å². The first-order chi connectivity index (χ1) is 9.40. The summed E-state index contributed by atoms with van der Waals surface area (Å²) in [6, 6.07) is 2.34. The number of nitrogens with one attached hydrogen (secondary N) is 1. The van der Waals surface area contributed by atoms with Gasteiger partial charge in [-0.2, -0.15) is 11.8 Å². The summed E-state index contributed by atoms with van der Waals surface area (Å²) >= 11 is 1.95. The zero-order valence-corrected chi connectivity index (χ0v) is 13.8. The smallest absolute Gasteiger partial charge is 0.138 e. The largest absolute Gasteiger partial charge is 0.384 e. The van der Waals surface area contributed by atoms with Crippen molar-refractivity contribution < 1.29 is 0 Å². The lowest BCUT2D eigenvalue weighted by Crippen LogP contribution is -2.35. The van der Waals surface area contributed by atoms with E-state index in [1.54, 1.807) is 0 Å². The molecule has 2 unspecified atom stereocenters. The Morgan fingerprint density at radius 3 is 2.60 bits per heavy atom. The van der Waals surface area contributed by atoms with Gasteiger partial charge in [0, 0.05) is 22.8 Å². The topological polar surface area (TPSA) is 63.8 Å². The molecule has 0 bridgehead atoms. The molecule has 0 saturated heterocycles. The van der Waals surface area contributed by atoms with Gasteiger partial charge in [-0.25, -0.2) is 9.97 Å². The van der Waals surface area contributed by atoms with Gasteiger partial charge < -0.3 is 11.1 Å². The monoisotopic (exact) mass is 294 g/mol. The van der Waals surface area contributed by atoms with E-state index in [1.165, 1.54) is 25.7 Å². The van der Waals surface area contributed by atoms with Crippen molar-refractivity contribution in [3.05, 3.63) is 11.9 Å². The molecule has 0 aliphatic heterocycles. The van der Waals surface area contributed by atoms with Crippen molar-refractivity contribution in [2.75, 3.05) is 17.3 Å². The molecule has 2 rings (SSSR count). The Morgan fingerprint density at radius 1 is 1.25 bits per heavy atom. The van der Waals surface area contributed by atoms with Gasteiger partial charge in [0.05, 0.1) is 0 Å². The highest BCUT2D eigenvalue weighted by Gasteiger charge is 2.25. The first kappa shape index (κ1) is 15.4. The maximum atomic E-state index is 5.93. The van der Waals surface area contributed by atoms with E-state index in [-0.39, 0.29) is 5.41 Å². The Balaban J connectivity index is 2.18. The molecule has 1 saturated carbocycles. The minimum Gasteiger partial charge on any atom is -0.384 e. The number of hydrogen-bond acceptors (Lipinski definition) is 5. The highest BCUT2D eigenvalue weighted by Crippen LogP contribution is 2.30. The molecule has 3 N–H and O–H groups in total. The van der Waals surface area contributed by atoms with Gasteiger partial charge in [0.1, 0.15) is 17.5 Å². The van der Waals surface area contributed by atoms with Crippen molar-refractivity contribution in [2.24, 2.45) is 0 Å². The molecular weight excluding hydrogens is 268 g/mol.